The molecule has 0 bridgehead atoms. The SMILES string of the molecule is CCN(CC)C1CCN(C(=O)c2cncc(Br)c2)CC1. The van der Waals surface area contributed by atoms with Gasteiger partial charge >= 0.3 is 0 Å². The predicted molar refractivity (Wildman–Crippen MR) is 83.8 cm³/mol. The topological polar surface area (TPSA) is 36.4 Å². The second-order valence-corrected chi connectivity index (χ2v) is 6.05. The third-order valence-corrected chi connectivity index (χ3v) is 4.47. The molecule has 0 N–H and O–H groups in total. The number of nitrogens with zero attached hydrogens (tertiary/aromatic N) is 3. The molecule has 1 amide bonds. The monoisotopic (exact) mass is 339 g/mol. The van der Waals surface area contributed by atoms with Crippen molar-refractivity contribution in [2.75, 3.05) is 26.2 Å². The Balaban J connectivity index is 1.95. The van der Waals surface area contributed by atoms with Crippen LogP contribution in [0.5, 0.6) is 0 Å². The Labute approximate surface area is 129 Å². The van der Waals surface area contributed by atoms with E-state index in [1.54, 1.807) is 12.4 Å². The second-order valence-electron chi connectivity index (χ2n) is 5.14. The number of rotatable bonds is 4. The number of aromatic nitrogens is 1. The lowest BCUT2D eigenvalue weighted by Crippen LogP contribution is -2.46. The minimum absolute atomic E-state index is 0.0943. The molecule has 1 fully saturated rings. The molecule has 0 spiro atoms. The maximum absolute atomic E-state index is 12.4. The lowest BCUT2D eigenvalue weighted by Gasteiger charge is -2.37. The minimum Gasteiger partial charge on any atom is -0.338 e. The van der Waals surface area contributed by atoms with Gasteiger partial charge in [-0.25, -0.2) is 0 Å². The van der Waals surface area contributed by atoms with Crippen LogP contribution in [0.2, 0.25) is 0 Å². The number of halogens is 1. The van der Waals surface area contributed by atoms with Gasteiger partial charge in [-0.3, -0.25) is 9.78 Å². The highest BCUT2D eigenvalue weighted by molar-refractivity contribution is 9.10. The highest BCUT2D eigenvalue weighted by Gasteiger charge is 2.26. The molecular formula is C15H22BrN3O. The van der Waals surface area contributed by atoms with Crippen molar-refractivity contribution in [3.05, 3.63) is 28.5 Å². The van der Waals surface area contributed by atoms with Gasteiger partial charge in [0.15, 0.2) is 0 Å². The van der Waals surface area contributed by atoms with Crippen molar-refractivity contribution < 1.29 is 4.79 Å². The van der Waals surface area contributed by atoms with E-state index < -0.39 is 0 Å². The molecule has 0 aliphatic carbocycles. The van der Waals surface area contributed by atoms with E-state index in [0.29, 0.717) is 11.6 Å². The average Bonchev–Trinajstić information content (AvgIpc) is 2.48. The molecule has 0 unspecified atom stereocenters. The number of hydrogen-bond donors (Lipinski definition) is 0. The van der Waals surface area contributed by atoms with E-state index in [-0.39, 0.29) is 5.91 Å². The molecule has 5 heteroatoms. The molecule has 1 saturated heterocycles. The van der Waals surface area contributed by atoms with Gasteiger partial charge < -0.3 is 9.80 Å². The van der Waals surface area contributed by atoms with Crippen LogP contribution in [0, 0.1) is 0 Å². The molecule has 2 rings (SSSR count). The van der Waals surface area contributed by atoms with Crippen molar-refractivity contribution in [3.63, 3.8) is 0 Å². The van der Waals surface area contributed by atoms with Gasteiger partial charge in [-0.15, -0.1) is 0 Å². The summed E-state index contributed by atoms with van der Waals surface area (Å²) in [6, 6.07) is 2.46. The molecule has 110 valence electrons. The first-order chi connectivity index (χ1) is 9.65. The standard InChI is InChI=1S/C15H22BrN3O/c1-3-18(4-2)14-5-7-19(8-6-14)15(20)12-9-13(16)11-17-10-12/h9-11,14H,3-8H2,1-2H3. The lowest BCUT2D eigenvalue weighted by molar-refractivity contribution is 0.0631. The molecular weight excluding hydrogens is 318 g/mol. The second kappa shape index (κ2) is 7.18. The first-order valence-corrected chi connectivity index (χ1v) is 8.08. The Hall–Kier alpha value is -0.940. The van der Waals surface area contributed by atoms with E-state index >= 15 is 0 Å². The van der Waals surface area contributed by atoms with Crippen molar-refractivity contribution in [2.45, 2.75) is 32.7 Å². The predicted octanol–water partition coefficient (Wildman–Crippen LogP) is 2.79. The van der Waals surface area contributed by atoms with Crippen LogP contribution in [-0.2, 0) is 0 Å². The number of hydrogen-bond acceptors (Lipinski definition) is 3. The van der Waals surface area contributed by atoms with Gasteiger partial charge in [0.1, 0.15) is 0 Å². The zero-order valence-electron chi connectivity index (χ0n) is 12.2. The normalized spacial score (nSPS) is 16.7. The molecule has 1 aliphatic heterocycles. The summed E-state index contributed by atoms with van der Waals surface area (Å²) in [5.41, 5.74) is 0.667. The van der Waals surface area contributed by atoms with Gasteiger partial charge in [-0.1, -0.05) is 13.8 Å². The Morgan fingerprint density at radius 3 is 2.55 bits per heavy atom. The fourth-order valence-corrected chi connectivity index (χ4v) is 3.25. The molecule has 1 aromatic heterocycles. The molecule has 1 aromatic rings. The van der Waals surface area contributed by atoms with Crippen molar-refractivity contribution in [2.24, 2.45) is 0 Å². The highest BCUT2D eigenvalue weighted by atomic mass is 79.9. The summed E-state index contributed by atoms with van der Waals surface area (Å²) in [6.07, 6.45) is 5.47. The summed E-state index contributed by atoms with van der Waals surface area (Å²) < 4.78 is 0.848. The first kappa shape index (κ1) is 15.4. The highest BCUT2D eigenvalue weighted by Crippen LogP contribution is 2.19. The van der Waals surface area contributed by atoms with Crippen LogP contribution in [0.4, 0.5) is 0 Å². The smallest absolute Gasteiger partial charge is 0.255 e. The fraction of sp³-hybridized carbons (Fsp3) is 0.600. The molecule has 0 radical (unpaired) electrons. The number of piperidine rings is 1. The molecule has 20 heavy (non-hydrogen) atoms. The quantitative estimate of drug-likeness (QED) is 0.846. The van der Waals surface area contributed by atoms with Crippen LogP contribution in [-0.4, -0.2) is 52.9 Å². The Bertz CT molecular complexity index is 454. The largest absolute Gasteiger partial charge is 0.338 e. The van der Waals surface area contributed by atoms with Crippen LogP contribution < -0.4 is 0 Å². The zero-order valence-corrected chi connectivity index (χ0v) is 13.8. The maximum atomic E-state index is 12.4. The Morgan fingerprint density at radius 2 is 2.00 bits per heavy atom. The van der Waals surface area contributed by atoms with E-state index in [1.165, 1.54) is 0 Å². The van der Waals surface area contributed by atoms with Crippen molar-refractivity contribution >= 4 is 21.8 Å². The van der Waals surface area contributed by atoms with E-state index in [4.69, 9.17) is 0 Å². The van der Waals surface area contributed by atoms with Gasteiger partial charge in [0.25, 0.3) is 5.91 Å². The third-order valence-electron chi connectivity index (χ3n) is 4.03. The number of carbonyl (C=O) groups is 1. The van der Waals surface area contributed by atoms with Crippen molar-refractivity contribution in [1.29, 1.82) is 0 Å². The Morgan fingerprint density at radius 1 is 1.35 bits per heavy atom. The van der Waals surface area contributed by atoms with E-state index in [1.807, 2.05) is 11.0 Å². The number of pyridine rings is 1. The van der Waals surface area contributed by atoms with Gasteiger partial charge in [-0.2, -0.15) is 0 Å². The summed E-state index contributed by atoms with van der Waals surface area (Å²) >= 11 is 3.36. The number of amides is 1. The first-order valence-electron chi connectivity index (χ1n) is 7.29. The van der Waals surface area contributed by atoms with Crippen molar-refractivity contribution in [1.82, 2.24) is 14.8 Å². The van der Waals surface area contributed by atoms with Gasteiger partial charge in [0.2, 0.25) is 0 Å². The number of likely N-dealkylation sites (tertiary alicyclic amines) is 1. The summed E-state index contributed by atoms with van der Waals surface area (Å²) in [6.45, 7) is 8.26. The molecule has 0 atom stereocenters. The van der Waals surface area contributed by atoms with E-state index in [9.17, 15) is 4.79 Å². The summed E-state index contributed by atoms with van der Waals surface area (Å²) in [5.74, 6) is 0.0943. The fourth-order valence-electron chi connectivity index (χ4n) is 2.89. The van der Waals surface area contributed by atoms with Crippen LogP contribution >= 0.6 is 15.9 Å². The van der Waals surface area contributed by atoms with Crippen LogP contribution in [0.1, 0.15) is 37.0 Å². The molecule has 2 heterocycles. The average molecular weight is 340 g/mol. The summed E-state index contributed by atoms with van der Waals surface area (Å²) in [5, 5.41) is 0. The van der Waals surface area contributed by atoms with Gasteiger partial charge in [-0.05, 0) is 47.9 Å². The van der Waals surface area contributed by atoms with Gasteiger partial charge in [0, 0.05) is 36.0 Å². The molecule has 1 aliphatic rings. The van der Waals surface area contributed by atoms with Crippen LogP contribution in [0.3, 0.4) is 0 Å². The molecule has 4 nitrogen and oxygen atoms in total. The minimum atomic E-state index is 0.0943. The lowest BCUT2D eigenvalue weighted by atomic mass is 10.0. The van der Waals surface area contributed by atoms with E-state index in [2.05, 4.69) is 39.7 Å². The molecule has 0 saturated carbocycles. The third kappa shape index (κ3) is 3.58. The van der Waals surface area contributed by atoms with Crippen LogP contribution in [0.25, 0.3) is 0 Å². The molecule has 0 aromatic carbocycles. The summed E-state index contributed by atoms with van der Waals surface area (Å²) in [7, 11) is 0. The number of carbonyl (C=O) groups excluding carboxylic acids is 1. The van der Waals surface area contributed by atoms with E-state index in [0.717, 1.165) is 43.5 Å². The Kier molecular flexibility index (Phi) is 5.54. The van der Waals surface area contributed by atoms with Crippen LogP contribution in [0.15, 0.2) is 22.9 Å². The summed E-state index contributed by atoms with van der Waals surface area (Å²) in [4.78, 5) is 20.9. The van der Waals surface area contributed by atoms with Gasteiger partial charge in [0.05, 0.1) is 5.56 Å². The van der Waals surface area contributed by atoms with Crippen molar-refractivity contribution in [3.8, 4) is 0 Å². The zero-order chi connectivity index (χ0) is 14.5. The maximum Gasteiger partial charge on any atom is 0.255 e.